The van der Waals surface area contributed by atoms with Crippen LogP contribution in [0.4, 0.5) is 0 Å². The van der Waals surface area contributed by atoms with Crippen LogP contribution in [0.15, 0.2) is 150 Å². The second-order valence-corrected chi connectivity index (χ2v) is 10.8. The number of fused-ring (bicyclic) bond motifs is 8. The van der Waals surface area contributed by atoms with Crippen molar-refractivity contribution in [3.8, 4) is 22.3 Å². The number of benzene rings is 8. The molecule has 0 bridgehead atoms. The van der Waals surface area contributed by atoms with Gasteiger partial charge in [-0.15, -0.1) is 0 Å². The third kappa shape index (κ3) is 3.24. The highest BCUT2D eigenvalue weighted by Gasteiger charge is 2.21. The van der Waals surface area contributed by atoms with Crippen molar-refractivity contribution < 1.29 is 4.42 Å². The molecular weight excluding hydrogens is 496 g/mol. The normalized spacial score (nSPS) is 11.9. The van der Waals surface area contributed by atoms with Crippen LogP contribution in [-0.2, 0) is 0 Å². The quantitative estimate of drug-likeness (QED) is 0.163. The molecular formula is C40H24O. The fourth-order valence-corrected chi connectivity index (χ4v) is 6.86. The Hall–Kier alpha value is -5.40. The summed E-state index contributed by atoms with van der Waals surface area (Å²) in [7, 11) is 0. The third-order valence-electron chi connectivity index (χ3n) is 8.62. The molecule has 1 heteroatoms. The van der Waals surface area contributed by atoms with Gasteiger partial charge < -0.3 is 4.42 Å². The van der Waals surface area contributed by atoms with Gasteiger partial charge in [0.1, 0.15) is 11.2 Å². The smallest absolute Gasteiger partial charge is 0.136 e. The molecule has 1 nitrogen and oxygen atoms in total. The zero-order chi connectivity index (χ0) is 26.9. The molecule has 0 aliphatic heterocycles. The van der Waals surface area contributed by atoms with E-state index in [1.807, 2.05) is 6.07 Å². The van der Waals surface area contributed by atoms with Crippen LogP contribution in [0.5, 0.6) is 0 Å². The molecule has 0 amide bonds. The minimum atomic E-state index is 0.917. The number of furan rings is 1. The Balaban J connectivity index is 1.56. The van der Waals surface area contributed by atoms with Gasteiger partial charge in [-0.2, -0.15) is 0 Å². The minimum Gasteiger partial charge on any atom is -0.456 e. The van der Waals surface area contributed by atoms with Crippen LogP contribution >= 0.6 is 0 Å². The molecule has 41 heavy (non-hydrogen) atoms. The maximum atomic E-state index is 6.44. The van der Waals surface area contributed by atoms with Gasteiger partial charge in [0.05, 0.1) is 0 Å². The van der Waals surface area contributed by atoms with Gasteiger partial charge >= 0.3 is 0 Å². The highest BCUT2D eigenvalue weighted by atomic mass is 16.3. The van der Waals surface area contributed by atoms with Crippen LogP contribution < -0.4 is 0 Å². The number of para-hydroxylation sites is 1. The van der Waals surface area contributed by atoms with Crippen molar-refractivity contribution in [2.45, 2.75) is 0 Å². The maximum absolute atomic E-state index is 6.44. The summed E-state index contributed by atoms with van der Waals surface area (Å²) in [6.45, 7) is 0. The molecule has 0 atom stereocenters. The number of rotatable bonds is 2. The van der Waals surface area contributed by atoms with E-state index in [1.54, 1.807) is 0 Å². The molecule has 1 aromatic heterocycles. The second-order valence-electron chi connectivity index (χ2n) is 10.8. The topological polar surface area (TPSA) is 13.1 Å². The van der Waals surface area contributed by atoms with Crippen LogP contribution in [0.1, 0.15) is 0 Å². The van der Waals surface area contributed by atoms with E-state index >= 15 is 0 Å². The monoisotopic (exact) mass is 520 g/mol. The first-order valence-corrected chi connectivity index (χ1v) is 14.1. The van der Waals surface area contributed by atoms with Gasteiger partial charge in [0, 0.05) is 10.8 Å². The summed E-state index contributed by atoms with van der Waals surface area (Å²) in [6.07, 6.45) is 0. The van der Waals surface area contributed by atoms with Crippen LogP contribution in [0, 0.1) is 0 Å². The summed E-state index contributed by atoms with van der Waals surface area (Å²) in [5.74, 6) is 0. The highest BCUT2D eigenvalue weighted by molar-refractivity contribution is 6.28. The van der Waals surface area contributed by atoms with E-state index in [4.69, 9.17) is 4.42 Å². The zero-order valence-electron chi connectivity index (χ0n) is 22.3. The fourth-order valence-electron chi connectivity index (χ4n) is 6.86. The molecule has 0 aliphatic rings. The summed E-state index contributed by atoms with van der Waals surface area (Å²) in [6, 6.07) is 52.6. The SMILES string of the molecule is c1ccc(-c2c3ccccc3c(-c3cc4ccccc4c4ccccc34)c3cc4c(cc23)oc2ccccc24)cc1. The summed E-state index contributed by atoms with van der Waals surface area (Å²) in [5, 5.41) is 12.3. The van der Waals surface area contributed by atoms with E-state index in [-0.39, 0.29) is 0 Å². The van der Waals surface area contributed by atoms with Gasteiger partial charge in [0.25, 0.3) is 0 Å². The van der Waals surface area contributed by atoms with E-state index in [0.29, 0.717) is 0 Å². The molecule has 190 valence electrons. The van der Waals surface area contributed by atoms with Crippen LogP contribution in [-0.4, -0.2) is 0 Å². The van der Waals surface area contributed by atoms with Crippen molar-refractivity contribution in [2.75, 3.05) is 0 Å². The summed E-state index contributed by atoms with van der Waals surface area (Å²) >= 11 is 0. The fraction of sp³-hybridized carbons (Fsp3) is 0. The first-order valence-electron chi connectivity index (χ1n) is 14.1. The maximum Gasteiger partial charge on any atom is 0.136 e. The molecule has 0 unspecified atom stereocenters. The van der Waals surface area contributed by atoms with E-state index in [2.05, 4.69) is 140 Å². The molecule has 8 aromatic carbocycles. The van der Waals surface area contributed by atoms with Crippen molar-refractivity contribution in [2.24, 2.45) is 0 Å². The summed E-state index contributed by atoms with van der Waals surface area (Å²) in [5.41, 5.74) is 6.81. The van der Waals surface area contributed by atoms with Crippen molar-refractivity contribution in [3.05, 3.63) is 146 Å². The average Bonchev–Trinajstić information content (AvgIpc) is 3.40. The Morgan fingerprint density at radius 1 is 0.317 bits per heavy atom. The molecule has 0 radical (unpaired) electrons. The van der Waals surface area contributed by atoms with E-state index in [0.717, 1.165) is 21.9 Å². The van der Waals surface area contributed by atoms with Crippen LogP contribution in [0.3, 0.4) is 0 Å². The molecule has 0 fully saturated rings. The van der Waals surface area contributed by atoms with E-state index < -0.39 is 0 Å². The van der Waals surface area contributed by atoms with Crippen molar-refractivity contribution in [3.63, 3.8) is 0 Å². The lowest BCUT2D eigenvalue weighted by Crippen LogP contribution is -1.92. The summed E-state index contributed by atoms with van der Waals surface area (Å²) in [4.78, 5) is 0. The molecule has 1 heterocycles. The number of hydrogen-bond donors (Lipinski definition) is 0. The minimum absolute atomic E-state index is 0.917. The molecule has 0 saturated heterocycles. The van der Waals surface area contributed by atoms with Crippen molar-refractivity contribution in [1.29, 1.82) is 0 Å². The number of hydrogen-bond acceptors (Lipinski definition) is 1. The predicted molar refractivity (Wildman–Crippen MR) is 175 cm³/mol. The van der Waals surface area contributed by atoms with E-state index in [1.165, 1.54) is 65.3 Å². The largest absolute Gasteiger partial charge is 0.456 e. The predicted octanol–water partition coefficient (Wildman–Crippen LogP) is 11.5. The van der Waals surface area contributed by atoms with Gasteiger partial charge in [-0.05, 0) is 89.6 Å². The highest BCUT2D eigenvalue weighted by Crippen LogP contribution is 2.48. The lowest BCUT2D eigenvalue weighted by atomic mass is 9.83. The molecule has 9 aromatic rings. The van der Waals surface area contributed by atoms with Crippen LogP contribution in [0.25, 0.3) is 87.3 Å². The van der Waals surface area contributed by atoms with Crippen LogP contribution in [0.2, 0.25) is 0 Å². The molecule has 0 saturated carbocycles. The van der Waals surface area contributed by atoms with Gasteiger partial charge in [-0.25, -0.2) is 0 Å². The Morgan fingerprint density at radius 2 is 0.902 bits per heavy atom. The lowest BCUT2D eigenvalue weighted by molar-refractivity contribution is 0.669. The third-order valence-corrected chi connectivity index (χ3v) is 8.62. The first-order chi connectivity index (χ1) is 20.3. The summed E-state index contributed by atoms with van der Waals surface area (Å²) < 4.78 is 6.44. The standard InChI is InChI=1S/C40H24O/c1-2-12-25(13-3-1)39-31-19-8-9-20-32(31)40(34-22-26-14-4-5-15-27(26)28-16-6-7-17-29(28)34)35-23-33-30-18-10-11-21-37(30)41-38(33)24-36(35)39/h1-24H. The average molecular weight is 521 g/mol. The van der Waals surface area contributed by atoms with Gasteiger partial charge in [0.15, 0.2) is 0 Å². The molecule has 9 rings (SSSR count). The van der Waals surface area contributed by atoms with Crippen molar-refractivity contribution >= 4 is 65.0 Å². The van der Waals surface area contributed by atoms with Gasteiger partial charge in [0.2, 0.25) is 0 Å². The van der Waals surface area contributed by atoms with E-state index in [9.17, 15) is 0 Å². The van der Waals surface area contributed by atoms with Gasteiger partial charge in [-0.1, -0.05) is 121 Å². The van der Waals surface area contributed by atoms with Crippen molar-refractivity contribution in [1.82, 2.24) is 0 Å². The Labute approximate surface area is 236 Å². The Bertz CT molecular complexity index is 2460. The molecule has 0 spiro atoms. The lowest BCUT2D eigenvalue weighted by Gasteiger charge is -2.19. The molecule has 0 N–H and O–H groups in total. The Kier molecular flexibility index (Phi) is 4.67. The van der Waals surface area contributed by atoms with Gasteiger partial charge in [-0.3, -0.25) is 0 Å². The zero-order valence-corrected chi connectivity index (χ0v) is 22.3. The second kappa shape index (κ2) is 8.55. The molecule has 0 aliphatic carbocycles. The first kappa shape index (κ1) is 22.4. The Morgan fingerprint density at radius 3 is 1.71 bits per heavy atom.